The van der Waals surface area contributed by atoms with E-state index in [4.69, 9.17) is 0 Å². The monoisotopic (exact) mass is 255 g/mol. The molecule has 0 saturated carbocycles. The summed E-state index contributed by atoms with van der Waals surface area (Å²) >= 11 is 3.38. The molecule has 78 valence electrons. The lowest BCUT2D eigenvalue weighted by Gasteiger charge is -2.25. The summed E-state index contributed by atoms with van der Waals surface area (Å²) in [6.07, 6.45) is 0. The average Bonchev–Trinajstić information content (AvgIpc) is 2.15. The molecule has 0 heterocycles. The van der Waals surface area contributed by atoms with Crippen molar-refractivity contribution < 1.29 is 0 Å². The molecule has 0 spiro atoms. The number of aryl methyl sites for hydroxylation is 1. The standard InChI is InChI=1S/C12H18BrN/c1-10-5-4-6-11(7-10)12(2,3)8-14-9-13/h4-7,14H,8-9H2,1-3H3. The van der Waals surface area contributed by atoms with Gasteiger partial charge in [0.25, 0.3) is 0 Å². The zero-order valence-corrected chi connectivity index (χ0v) is 10.7. The minimum absolute atomic E-state index is 0.194. The summed E-state index contributed by atoms with van der Waals surface area (Å²) in [5, 5.41) is 3.32. The summed E-state index contributed by atoms with van der Waals surface area (Å²) < 4.78 is 0. The van der Waals surface area contributed by atoms with Crippen LogP contribution in [0.5, 0.6) is 0 Å². The largest absolute Gasteiger partial charge is 0.306 e. The van der Waals surface area contributed by atoms with Gasteiger partial charge in [-0.2, -0.15) is 0 Å². The van der Waals surface area contributed by atoms with Gasteiger partial charge in [0.05, 0.1) is 5.45 Å². The Balaban J connectivity index is 2.80. The fourth-order valence-corrected chi connectivity index (χ4v) is 1.73. The Labute approximate surface area is 95.0 Å². The van der Waals surface area contributed by atoms with E-state index in [2.05, 4.69) is 66.3 Å². The van der Waals surface area contributed by atoms with Crippen molar-refractivity contribution >= 4 is 15.9 Å². The second-order valence-corrected chi connectivity index (χ2v) is 4.87. The molecule has 14 heavy (non-hydrogen) atoms. The summed E-state index contributed by atoms with van der Waals surface area (Å²) in [5.74, 6) is 0. The SMILES string of the molecule is Cc1cccc(C(C)(C)CNCBr)c1. The zero-order valence-electron chi connectivity index (χ0n) is 9.10. The summed E-state index contributed by atoms with van der Waals surface area (Å²) in [5.41, 5.74) is 3.77. The minimum atomic E-state index is 0.194. The van der Waals surface area contributed by atoms with Crippen molar-refractivity contribution in [3.63, 3.8) is 0 Å². The van der Waals surface area contributed by atoms with Crippen molar-refractivity contribution in [3.8, 4) is 0 Å². The van der Waals surface area contributed by atoms with Crippen molar-refractivity contribution in [2.45, 2.75) is 26.2 Å². The van der Waals surface area contributed by atoms with Gasteiger partial charge < -0.3 is 5.32 Å². The molecule has 0 aromatic heterocycles. The van der Waals surface area contributed by atoms with Crippen LogP contribution in [0, 0.1) is 6.92 Å². The molecule has 0 atom stereocenters. The predicted octanol–water partition coefficient (Wildman–Crippen LogP) is 3.21. The summed E-state index contributed by atoms with van der Waals surface area (Å²) in [4.78, 5) is 0. The molecule has 1 rings (SSSR count). The van der Waals surface area contributed by atoms with E-state index in [1.165, 1.54) is 11.1 Å². The van der Waals surface area contributed by atoms with Crippen LogP contribution >= 0.6 is 15.9 Å². The molecule has 0 fully saturated rings. The Morgan fingerprint density at radius 3 is 2.64 bits per heavy atom. The van der Waals surface area contributed by atoms with Crippen molar-refractivity contribution in [2.75, 3.05) is 12.0 Å². The van der Waals surface area contributed by atoms with Gasteiger partial charge in [-0.25, -0.2) is 0 Å². The van der Waals surface area contributed by atoms with E-state index >= 15 is 0 Å². The van der Waals surface area contributed by atoms with E-state index in [1.54, 1.807) is 0 Å². The van der Waals surface area contributed by atoms with Crippen molar-refractivity contribution in [3.05, 3.63) is 35.4 Å². The van der Waals surface area contributed by atoms with Crippen molar-refractivity contribution in [1.29, 1.82) is 0 Å². The predicted molar refractivity (Wildman–Crippen MR) is 66.0 cm³/mol. The molecule has 1 nitrogen and oxygen atoms in total. The summed E-state index contributed by atoms with van der Waals surface area (Å²) in [6.45, 7) is 7.65. The third-order valence-electron chi connectivity index (χ3n) is 2.46. The first kappa shape index (κ1) is 11.7. The van der Waals surface area contributed by atoms with E-state index in [0.717, 1.165) is 12.0 Å². The highest BCUT2D eigenvalue weighted by molar-refractivity contribution is 9.09. The molecule has 1 aromatic rings. The molecule has 0 amide bonds. The Kier molecular flexibility index (Phi) is 4.14. The molecule has 0 bridgehead atoms. The number of halogens is 1. The molecule has 1 N–H and O–H groups in total. The molecule has 0 saturated heterocycles. The second kappa shape index (κ2) is 4.94. The van der Waals surface area contributed by atoms with E-state index < -0.39 is 0 Å². The maximum absolute atomic E-state index is 3.38. The topological polar surface area (TPSA) is 12.0 Å². The highest BCUT2D eigenvalue weighted by Gasteiger charge is 2.19. The molecular weight excluding hydrogens is 238 g/mol. The second-order valence-electron chi connectivity index (χ2n) is 4.31. The van der Waals surface area contributed by atoms with Gasteiger partial charge in [0.15, 0.2) is 0 Å². The maximum Gasteiger partial charge on any atom is 0.0517 e. The van der Waals surface area contributed by atoms with Gasteiger partial charge in [0.2, 0.25) is 0 Å². The lowest BCUT2D eigenvalue weighted by Crippen LogP contribution is -2.32. The van der Waals surface area contributed by atoms with Crippen LogP contribution in [0.25, 0.3) is 0 Å². The summed E-state index contributed by atoms with van der Waals surface area (Å²) in [7, 11) is 0. The van der Waals surface area contributed by atoms with Gasteiger partial charge in [-0.15, -0.1) is 0 Å². The van der Waals surface area contributed by atoms with E-state index in [-0.39, 0.29) is 5.41 Å². The molecule has 0 aliphatic carbocycles. The molecule has 0 radical (unpaired) electrons. The third kappa shape index (κ3) is 3.10. The Morgan fingerprint density at radius 2 is 2.07 bits per heavy atom. The quantitative estimate of drug-likeness (QED) is 0.644. The van der Waals surface area contributed by atoms with E-state index in [1.807, 2.05) is 0 Å². The van der Waals surface area contributed by atoms with Crippen LogP contribution in [-0.4, -0.2) is 12.0 Å². The molecule has 0 aliphatic heterocycles. The summed E-state index contributed by atoms with van der Waals surface area (Å²) in [6, 6.07) is 8.72. The number of hydrogen-bond donors (Lipinski definition) is 1. The Hall–Kier alpha value is -0.340. The average molecular weight is 256 g/mol. The van der Waals surface area contributed by atoms with Crippen molar-refractivity contribution in [1.82, 2.24) is 5.32 Å². The lowest BCUT2D eigenvalue weighted by molar-refractivity contribution is 0.491. The van der Waals surface area contributed by atoms with Crippen LogP contribution in [0.15, 0.2) is 24.3 Å². The Morgan fingerprint density at radius 1 is 1.36 bits per heavy atom. The van der Waals surface area contributed by atoms with Crippen LogP contribution in [0.4, 0.5) is 0 Å². The van der Waals surface area contributed by atoms with Gasteiger partial charge in [0.1, 0.15) is 0 Å². The van der Waals surface area contributed by atoms with Gasteiger partial charge in [-0.1, -0.05) is 59.6 Å². The highest BCUT2D eigenvalue weighted by atomic mass is 79.9. The Bertz CT molecular complexity index is 294. The maximum atomic E-state index is 3.38. The first-order valence-electron chi connectivity index (χ1n) is 4.90. The number of nitrogens with one attached hydrogen (secondary N) is 1. The van der Waals surface area contributed by atoms with E-state index in [9.17, 15) is 0 Å². The number of rotatable bonds is 4. The van der Waals surface area contributed by atoms with Gasteiger partial charge in [-0.05, 0) is 12.5 Å². The van der Waals surface area contributed by atoms with Gasteiger partial charge in [-0.3, -0.25) is 0 Å². The molecule has 0 aliphatic rings. The molecule has 0 unspecified atom stereocenters. The van der Waals surface area contributed by atoms with Crippen LogP contribution in [-0.2, 0) is 5.41 Å². The highest BCUT2D eigenvalue weighted by Crippen LogP contribution is 2.22. The van der Waals surface area contributed by atoms with Crippen LogP contribution in [0.3, 0.4) is 0 Å². The first-order valence-corrected chi connectivity index (χ1v) is 6.02. The fourth-order valence-electron chi connectivity index (χ4n) is 1.53. The molecule has 2 heteroatoms. The first-order chi connectivity index (χ1) is 6.56. The number of hydrogen-bond acceptors (Lipinski definition) is 1. The van der Waals surface area contributed by atoms with Crippen molar-refractivity contribution in [2.24, 2.45) is 0 Å². The fraction of sp³-hybridized carbons (Fsp3) is 0.500. The third-order valence-corrected chi connectivity index (χ3v) is 2.86. The number of benzene rings is 1. The van der Waals surface area contributed by atoms with Crippen LogP contribution in [0.1, 0.15) is 25.0 Å². The van der Waals surface area contributed by atoms with Gasteiger partial charge >= 0.3 is 0 Å². The smallest absolute Gasteiger partial charge is 0.0517 e. The minimum Gasteiger partial charge on any atom is -0.306 e. The molecular formula is C12H18BrN. The van der Waals surface area contributed by atoms with Crippen LogP contribution < -0.4 is 5.32 Å². The number of alkyl halides is 1. The molecule has 1 aromatic carbocycles. The zero-order chi connectivity index (χ0) is 10.6. The van der Waals surface area contributed by atoms with Gasteiger partial charge in [0, 0.05) is 12.0 Å². The normalized spacial score (nSPS) is 11.7. The van der Waals surface area contributed by atoms with E-state index in [0.29, 0.717) is 0 Å². The lowest BCUT2D eigenvalue weighted by atomic mass is 9.84. The van der Waals surface area contributed by atoms with Crippen LogP contribution in [0.2, 0.25) is 0 Å².